The Labute approximate surface area is 139 Å². The highest BCUT2D eigenvalue weighted by molar-refractivity contribution is 5.97. The summed E-state index contributed by atoms with van der Waals surface area (Å²) in [5.74, 6) is 1.45. The molecule has 0 saturated heterocycles. The van der Waals surface area contributed by atoms with Gasteiger partial charge in [0.05, 0.1) is 6.10 Å². The number of benzene rings is 1. The molecule has 1 saturated carbocycles. The molecule has 0 heterocycles. The predicted octanol–water partition coefficient (Wildman–Crippen LogP) is 4.40. The Kier molecular flexibility index (Phi) is 6.05. The van der Waals surface area contributed by atoms with E-state index in [2.05, 4.69) is 19.2 Å². The first-order valence-electron chi connectivity index (χ1n) is 8.62. The number of methoxy groups -OCH3 is 1. The van der Waals surface area contributed by atoms with Crippen LogP contribution in [0.3, 0.4) is 0 Å². The molecule has 1 amide bonds. The molecular formula is C19H29NO3. The van der Waals surface area contributed by atoms with Crippen molar-refractivity contribution in [3.05, 3.63) is 24.3 Å². The lowest BCUT2D eigenvalue weighted by molar-refractivity contribution is -0.142. The second-order valence-corrected chi connectivity index (χ2v) is 6.70. The van der Waals surface area contributed by atoms with E-state index in [4.69, 9.17) is 9.47 Å². The lowest BCUT2D eigenvalue weighted by Crippen LogP contribution is -2.47. The van der Waals surface area contributed by atoms with Crippen molar-refractivity contribution in [3.8, 4) is 5.75 Å². The standard InChI is InChI=1S/C19H29NO3/c1-5-15(3)23-17-8-6-16(7-9-17)20-18(21)19(22-4)12-10-14(2)11-13-19/h6-9,14-15H,5,10-13H2,1-4H3,(H,20,21)/t14?,15-,19?/m1/s1. The molecule has 1 aromatic rings. The van der Waals surface area contributed by atoms with E-state index in [1.807, 2.05) is 31.2 Å². The minimum Gasteiger partial charge on any atom is -0.491 e. The van der Waals surface area contributed by atoms with E-state index >= 15 is 0 Å². The van der Waals surface area contributed by atoms with Gasteiger partial charge in [0.15, 0.2) is 0 Å². The van der Waals surface area contributed by atoms with Gasteiger partial charge in [0.1, 0.15) is 11.4 Å². The second-order valence-electron chi connectivity index (χ2n) is 6.70. The van der Waals surface area contributed by atoms with Crippen molar-refractivity contribution in [2.75, 3.05) is 12.4 Å². The van der Waals surface area contributed by atoms with Crippen molar-refractivity contribution >= 4 is 11.6 Å². The number of amides is 1. The molecule has 0 bridgehead atoms. The van der Waals surface area contributed by atoms with Gasteiger partial charge in [-0.3, -0.25) is 4.79 Å². The molecule has 1 aliphatic carbocycles. The quantitative estimate of drug-likeness (QED) is 0.845. The number of nitrogens with one attached hydrogen (secondary N) is 1. The van der Waals surface area contributed by atoms with Crippen molar-refractivity contribution < 1.29 is 14.3 Å². The molecule has 1 aromatic carbocycles. The van der Waals surface area contributed by atoms with Crippen LogP contribution >= 0.6 is 0 Å². The number of carbonyl (C=O) groups excluding carboxylic acids is 1. The van der Waals surface area contributed by atoms with Gasteiger partial charge in [-0.25, -0.2) is 0 Å². The van der Waals surface area contributed by atoms with Gasteiger partial charge in [0, 0.05) is 12.8 Å². The Bertz CT molecular complexity index is 504. The molecule has 2 rings (SSSR count). The van der Waals surface area contributed by atoms with Crippen LogP contribution in [0.4, 0.5) is 5.69 Å². The van der Waals surface area contributed by atoms with Crippen LogP contribution in [0.15, 0.2) is 24.3 Å². The van der Waals surface area contributed by atoms with Crippen LogP contribution in [-0.4, -0.2) is 24.7 Å². The van der Waals surface area contributed by atoms with E-state index in [0.29, 0.717) is 5.92 Å². The third kappa shape index (κ3) is 4.47. The monoisotopic (exact) mass is 319 g/mol. The van der Waals surface area contributed by atoms with Crippen molar-refractivity contribution in [2.24, 2.45) is 5.92 Å². The highest BCUT2D eigenvalue weighted by Crippen LogP contribution is 2.35. The van der Waals surface area contributed by atoms with Crippen LogP contribution in [0.1, 0.15) is 52.9 Å². The van der Waals surface area contributed by atoms with Crippen molar-refractivity contribution in [1.82, 2.24) is 0 Å². The summed E-state index contributed by atoms with van der Waals surface area (Å²) >= 11 is 0. The van der Waals surface area contributed by atoms with Crippen LogP contribution in [-0.2, 0) is 9.53 Å². The molecule has 1 atom stereocenters. The van der Waals surface area contributed by atoms with Crippen molar-refractivity contribution in [2.45, 2.75) is 64.6 Å². The topological polar surface area (TPSA) is 47.6 Å². The summed E-state index contributed by atoms with van der Waals surface area (Å²) in [5.41, 5.74) is 0.0971. The van der Waals surface area contributed by atoms with Crippen LogP contribution in [0.25, 0.3) is 0 Å². The Hall–Kier alpha value is -1.55. The summed E-state index contributed by atoms with van der Waals surface area (Å²) < 4.78 is 11.4. The number of hydrogen-bond acceptors (Lipinski definition) is 3. The first-order valence-corrected chi connectivity index (χ1v) is 8.62. The van der Waals surface area contributed by atoms with Crippen molar-refractivity contribution in [1.29, 1.82) is 0 Å². The van der Waals surface area contributed by atoms with Crippen LogP contribution in [0.2, 0.25) is 0 Å². The zero-order chi connectivity index (χ0) is 16.9. The Balaban J connectivity index is 1.99. The zero-order valence-electron chi connectivity index (χ0n) is 14.7. The highest BCUT2D eigenvalue weighted by Gasteiger charge is 2.41. The maximum atomic E-state index is 12.7. The number of anilines is 1. The zero-order valence-corrected chi connectivity index (χ0v) is 14.7. The molecule has 0 aromatic heterocycles. The summed E-state index contributed by atoms with van der Waals surface area (Å²) in [6.07, 6.45) is 4.78. The average Bonchev–Trinajstić information content (AvgIpc) is 2.57. The molecule has 4 nitrogen and oxygen atoms in total. The largest absolute Gasteiger partial charge is 0.491 e. The fourth-order valence-electron chi connectivity index (χ4n) is 2.93. The molecule has 0 unspecified atom stereocenters. The molecule has 0 spiro atoms. The number of carbonyl (C=O) groups is 1. The van der Waals surface area contributed by atoms with E-state index in [1.54, 1.807) is 7.11 Å². The maximum Gasteiger partial charge on any atom is 0.256 e. The van der Waals surface area contributed by atoms with Gasteiger partial charge in [-0.05, 0) is 69.2 Å². The Morgan fingerprint density at radius 1 is 1.30 bits per heavy atom. The Morgan fingerprint density at radius 2 is 1.91 bits per heavy atom. The smallest absolute Gasteiger partial charge is 0.256 e. The molecule has 1 fully saturated rings. The summed E-state index contributed by atoms with van der Waals surface area (Å²) in [7, 11) is 1.64. The minimum absolute atomic E-state index is 0.0394. The molecule has 1 aliphatic rings. The van der Waals surface area contributed by atoms with E-state index < -0.39 is 5.60 Å². The first-order chi connectivity index (χ1) is 11.0. The van der Waals surface area contributed by atoms with Gasteiger partial charge in [-0.15, -0.1) is 0 Å². The highest BCUT2D eigenvalue weighted by atomic mass is 16.5. The fraction of sp³-hybridized carbons (Fsp3) is 0.632. The van der Waals surface area contributed by atoms with Crippen LogP contribution in [0.5, 0.6) is 5.75 Å². The average molecular weight is 319 g/mol. The molecular weight excluding hydrogens is 290 g/mol. The van der Waals surface area contributed by atoms with Gasteiger partial charge in [-0.2, -0.15) is 0 Å². The lowest BCUT2D eigenvalue weighted by Gasteiger charge is -2.36. The third-order valence-electron chi connectivity index (χ3n) is 4.91. The molecule has 1 N–H and O–H groups in total. The molecule has 4 heteroatoms. The van der Waals surface area contributed by atoms with E-state index in [0.717, 1.165) is 43.5 Å². The maximum absolute atomic E-state index is 12.7. The van der Waals surface area contributed by atoms with E-state index in [9.17, 15) is 4.79 Å². The minimum atomic E-state index is -0.682. The number of rotatable bonds is 6. The van der Waals surface area contributed by atoms with Gasteiger partial charge in [0.2, 0.25) is 0 Å². The third-order valence-corrected chi connectivity index (χ3v) is 4.91. The van der Waals surface area contributed by atoms with Gasteiger partial charge in [-0.1, -0.05) is 13.8 Å². The Morgan fingerprint density at radius 3 is 2.43 bits per heavy atom. The van der Waals surface area contributed by atoms with E-state index in [-0.39, 0.29) is 12.0 Å². The van der Waals surface area contributed by atoms with E-state index in [1.165, 1.54) is 0 Å². The van der Waals surface area contributed by atoms with Gasteiger partial charge in [0.25, 0.3) is 5.91 Å². The summed E-state index contributed by atoms with van der Waals surface area (Å²) in [4.78, 5) is 12.7. The number of hydrogen-bond donors (Lipinski definition) is 1. The normalized spacial score (nSPS) is 25.7. The fourth-order valence-corrected chi connectivity index (χ4v) is 2.93. The second kappa shape index (κ2) is 7.82. The lowest BCUT2D eigenvalue weighted by atomic mass is 9.79. The molecule has 128 valence electrons. The van der Waals surface area contributed by atoms with Gasteiger partial charge < -0.3 is 14.8 Å². The number of ether oxygens (including phenoxy) is 2. The predicted molar refractivity (Wildman–Crippen MR) is 92.8 cm³/mol. The first kappa shape index (κ1) is 17.8. The molecule has 23 heavy (non-hydrogen) atoms. The van der Waals surface area contributed by atoms with Crippen LogP contribution < -0.4 is 10.1 Å². The van der Waals surface area contributed by atoms with Crippen LogP contribution in [0, 0.1) is 5.92 Å². The summed E-state index contributed by atoms with van der Waals surface area (Å²) in [6, 6.07) is 7.54. The van der Waals surface area contributed by atoms with Gasteiger partial charge >= 0.3 is 0 Å². The molecule has 0 radical (unpaired) electrons. The molecule has 0 aliphatic heterocycles. The summed E-state index contributed by atoms with van der Waals surface area (Å²) in [5, 5.41) is 2.99. The summed E-state index contributed by atoms with van der Waals surface area (Å²) in [6.45, 7) is 6.37. The van der Waals surface area contributed by atoms with Crippen molar-refractivity contribution in [3.63, 3.8) is 0 Å². The SMILES string of the molecule is CC[C@@H](C)Oc1ccc(NC(=O)C2(OC)CCC(C)CC2)cc1.